The summed E-state index contributed by atoms with van der Waals surface area (Å²) in [4.78, 5) is 16.5. The Morgan fingerprint density at radius 2 is 2.10 bits per heavy atom. The first kappa shape index (κ1) is 14.5. The van der Waals surface area contributed by atoms with E-state index in [2.05, 4.69) is 26.2 Å². The van der Waals surface area contributed by atoms with E-state index in [1.807, 2.05) is 25.1 Å². The summed E-state index contributed by atoms with van der Waals surface area (Å²) < 4.78 is 5.55. The number of rotatable bonds is 5. The average Bonchev–Trinajstić information content (AvgIpc) is 2.47. The third-order valence-electron chi connectivity index (χ3n) is 2.71. The zero-order valence-corrected chi connectivity index (χ0v) is 12.7. The fraction of sp³-hybridized carbons (Fsp3) is 0.200. The number of aryl methyl sites for hydroxylation is 1. The maximum absolute atomic E-state index is 12.3. The molecule has 2 aromatic rings. The smallest absolute Gasteiger partial charge is 0.260 e. The van der Waals surface area contributed by atoms with Crippen molar-refractivity contribution in [1.29, 1.82) is 0 Å². The zero-order valence-electron chi connectivity index (χ0n) is 11.1. The zero-order chi connectivity index (χ0) is 14.4. The van der Waals surface area contributed by atoms with E-state index in [4.69, 9.17) is 4.74 Å². The monoisotopic (exact) mass is 334 g/mol. The quantitative estimate of drug-likeness (QED) is 0.852. The first-order chi connectivity index (χ1) is 9.72. The number of carbonyl (C=O) groups is 1. The molecule has 0 aliphatic heterocycles. The Morgan fingerprint density at radius 3 is 2.85 bits per heavy atom. The Hall–Kier alpha value is -1.88. The molecule has 0 bridgehead atoms. The van der Waals surface area contributed by atoms with Gasteiger partial charge in [-0.15, -0.1) is 0 Å². The second-order valence-corrected chi connectivity index (χ2v) is 4.95. The molecule has 0 aliphatic rings. The van der Waals surface area contributed by atoms with Crippen LogP contribution < -0.4 is 10.1 Å². The van der Waals surface area contributed by atoms with Crippen LogP contribution in [0.15, 0.2) is 42.6 Å². The third-order valence-corrected chi connectivity index (χ3v) is 3.03. The van der Waals surface area contributed by atoms with Gasteiger partial charge in [0.1, 0.15) is 11.6 Å². The molecule has 1 aromatic carbocycles. The fourth-order valence-corrected chi connectivity index (χ4v) is 1.88. The number of benzene rings is 1. The second-order valence-electron chi connectivity index (χ2n) is 4.16. The van der Waals surface area contributed by atoms with Gasteiger partial charge in [-0.3, -0.25) is 4.79 Å². The van der Waals surface area contributed by atoms with Gasteiger partial charge in [0.2, 0.25) is 0 Å². The van der Waals surface area contributed by atoms with E-state index in [9.17, 15) is 4.79 Å². The highest BCUT2D eigenvalue weighted by molar-refractivity contribution is 9.09. The minimum Gasteiger partial charge on any atom is -0.492 e. The predicted octanol–water partition coefficient (Wildman–Crippen LogP) is 3.42. The minimum atomic E-state index is -0.225. The van der Waals surface area contributed by atoms with E-state index >= 15 is 0 Å². The third kappa shape index (κ3) is 3.57. The number of hydrogen-bond donors (Lipinski definition) is 1. The van der Waals surface area contributed by atoms with Crippen LogP contribution in [0, 0.1) is 6.92 Å². The van der Waals surface area contributed by atoms with Gasteiger partial charge in [-0.05, 0) is 30.7 Å². The Labute approximate surface area is 126 Å². The number of nitrogens with zero attached hydrogens (tertiary/aromatic N) is 1. The lowest BCUT2D eigenvalue weighted by Crippen LogP contribution is -2.15. The summed E-state index contributed by atoms with van der Waals surface area (Å²) in [6.45, 7) is 2.41. The number of alkyl halides is 1. The Kier molecular flexibility index (Phi) is 5.12. The number of carbonyl (C=O) groups excluding carboxylic acids is 1. The van der Waals surface area contributed by atoms with Crippen molar-refractivity contribution in [2.45, 2.75) is 6.92 Å². The largest absolute Gasteiger partial charge is 0.492 e. The van der Waals surface area contributed by atoms with Crippen LogP contribution in [-0.4, -0.2) is 22.8 Å². The molecule has 0 saturated heterocycles. The standard InChI is InChI=1S/C15H15BrN2O2/c1-11-5-4-9-17-14(11)18-15(19)12-6-2-3-7-13(12)20-10-8-16/h2-7,9H,8,10H2,1H3,(H,17,18,19). The van der Waals surface area contributed by atoms with Crippen molar-refractivity contribution in [2.75, 3.05) is 17.3 Å². The summed E-state index contributed by atoms with van der Waals surface area (Å²) in [6.07, 6.45) is 1.65. The van der Waals surface area contributed by atoms with Gasteiger partial charge in [0.15, 0.2) is 0 Å². The van der Waals surface area contributed by atoms with Crippen molar-refractivity contribution >= 4 is 27.7 Å². The Morgan fingerprint density at radius 1 is 1.30 bits per heavy atom. The minimum absolute atomic E-state index is 0.225. The number of pyridine rings is 1. The fourth-order valence-electron chi connectivity index (χ4n) is 1.72. The number of halogens is 1. The van der Waals surface area contributed by atoms with Gasteiger partial charge in [0.25, 0.3) is 5.91 Å². The van der Waals surface area contributed by atoms with E-state index in [0.29, 0.717) is 29.1 Å². The molecule has 0 atom stereocenters. The number of nitrogens with one attached hydrogen (secondary N) is 1. The summed E-state index contributed by atoms with van der Waals surface area (Å²) in [5.74, 6) is 0.905. The molecule has 4 nitrogen and oxygen atoms in total. The molecular weight excluding hydrogens is 320 g/mol. The van der Waals surface area contributed by atoms with Crippen LogP contribution in [0.1, 0.15) is 15.9 Å². The van der Waals surface area contributed by atoms with Gasteiger partial charge >= 0.3 is 0 Å². The molecule has 1 N–H and O–H groups in total. The van der Waals surface area contributed by atoms with E-state index < -0.39 is 0 Å². The summed E-state index contributed by atoms with van der Waals surface area (Å²) in [6, 6.07) is 10.9. The lowest BCUT2D eigenvalue weighted by atomic mass is 10.2. The number of ether oxygens (including phenoxy) is 1. The Bertz CT molecular complexity index is 602. The van der Waals surface area contributed by atoms with Crippen LogP contribution in [0.25, 0.3) is 0 Å². The molecule has 1 aromatic heterocycles. The summed E-state index contributed by atoms with van der Waals surface area (Å²) in [5.41, 5.74) is 1.42. The van der Waals surface area contributed by atoms with Gasteiger partial charge in [0, 0.05) is 11.5 Å². The van der Waals surface area contributed by atoms with Gasteiger partial charge < -0.3 is 10.1 Å². The maximum atomic E-state index is 12.3. The molecule has 0 aliphatic carbocycles. The van der Waals surface area contributed by atoms with Crippen LogP contribution in [-0.2, 0) is 0 Å². The van der Waals surface area contributed by atoms with Crippen LogP contribution >= 0.6 is 15.9 Å². The number of anilines is 1. The van der Waals surface area contributed by atoms with Crippen molar-refractivity contribution in [3.05, 3.63) is 53.7 Å². The molecule has 0 saturated carbocycles. The highest BCUT2D eigenvalue weighted by Crippen LogP contribution is 2.20. The predicted molar refractivity (Wildman–Crippen MR) is 82.7 cm³/mol. The van der Waals surface area contributed by atoms with Crippen LogP contribution in [0.4, 0.5) is 5.82 Å². The molecule has 20 heavy (non-hydrogen) atoms. The van der Waals surface area contributed by atoms with Crippen molar-refractivity contribution in [3.63, 3.8) is 0 Å². The lowest BCUT2D eigenvalue weighted by molar-refractivity contribution is 0.102. The van der Waals surface area contributed by atoms with E-state index in [1.165, 1.54) is 0 Å². The molecule has 0 fully saturated rings. The molecule has 104 valence electrons. The Balaban J connectivity index is 2.19. The average molecular weight is 335 g/mol. The lowest BCUT2D eigenvalue weighted by Gasteiger charge is -2.11. The van der Waals surface area contributed by atoms with Crippen LogP contribution in [0.5, 0.6) is 5.75 Å². The van der Waals surface area contributed by atoms with E-state index in [1.54, 1.807) is 24.4 Å². The van der Waals surface area contributed by atoms with Crippen molar-refractivity contribution in [3.8, 4) is 5.75 Å². The molecule has 1 amide bonds. The molecule has 0 radical (unpaired) electrons. The summed E-state index contributed by atoms with van der Waals surface area (Å²) in [5, 5.41) is 3.51. The summed E-state index contributed by atoms with van der Waals surface area (Å²) >= 11 is 3.30. The van der Waals surface area contributed by atoms with Crippen molar-refractivity contribution in [2.24, 2.45) is 0 Å². The van der Waals surface area contributed by atoms with Gasteiger partial charge in [0.05, 0.1) is 12.2 Å². The first-order valence-electron chi connectivity index (χ1n) is 6.23. The first-order valence-corrected chi connectivity index (χ1v) is 7.35. The second kappa shape index (κ2) is 7.05. The summed E-state index contributed by atoms with van der Waals surface area (Å²) in [7, 11) is 0. The van der Waals surface area contributed by atoms with Crippen LogP contribution in [0.3, 0.4) is 0 Å². The van der Waals surface area contributed by atoms with Gasteiger partial charge in [-0.2, -0.15) is 0 Å². The van der Waals surface area contributed by atoms with E-state index in [-0.39, 0.29) is 5.91 Å². The van der Waals surface area contributed by atoms with Crippen LogP contribution in [0.2, 0.25) is 0 Å². The highest BCUT2D eigenvalue weighted by atomic mass is 79.9. The maximum Gasteiger partial charge on any atom is 0.260 e. The van der Waals surface area contributed by atoms with E-state index in [0.717, 1.165) is 5.56 Å². The number of aromatic nitrogens is 1. The number of hydrogen-bond acceptors (Lipinski definition) is 3. The molecule has 0 unspecified atom stereocenters. The topological polar surface area (TPSA) is 51.2 Å². The molecule has 1 heterocycles. The normalized spacial score (nSPS) is 10.1. The number of para-hydroxylation sites is 1. The number of amides is 1. The van der Waals surface area contributed by atoms with Gasteiger partial charge in [-0.25, -0.2) is 4.98 Å². The SMILES string of the molecule is Cc1cccnc1NC(=O)c1ccccc1OCCBr. The molecule has 0 spiro atoms. The highest BCUT2D eigenvalue weighted by Gasteiger charge is 2.13. The molecule has 2 rings (SSSR count). The van der Waals surface area contributed by atoms with Crippen molar-refractivity contribution < 1.29 is 9.53 Å². The molecular formula is C15H15BrN2O2. The molecule has 5 heteroatoms. The van der Waals surface area contributed by atoms with Gasteiger partial charge in [-0.1, -0.05) is 34.1 Å². The van der Waals surface area contributed by atoms with Crippen molar-refractivity contribution in [1.82, 2.24) is 4.98 Å².